The van der Waals surface area contributed by atoms with E-state index >= 15 is 0 Å². The number of carbonyl (C=O) groups excluding carboxylic acids is 1. The number of hydrogen-bond donors (Lipinski definition) is 2. The Bertz CT molecular complexity index is 805. The highest BCUT2D eigenvalue weighted by Gasteiger charge is 2.20. The number of nitro benzene ring substituents is 1. The van der Waals surface area contributed by atoms with Crippen molar-refractivity contribution in [3.63, 3.8) is 0 Å². The van der Waals surface area contributed by atoms with E-state index in [0.717, 1.165) is 0 Å². The fourth-order valence-corrected chi connectivity index (χ4v) is 1.81. The summed E-state index contributed by atoms with van der Waals surface area (Å²) in [5.74, 6) is -0.559. The van der Waals surface area contributed by atoms with E-state index in [-0.39, 0.29) is 22.1 Å². The van der Waals surface area contributed by atoms with E-state index in [2.05, 4.69) is 22.7 Å². The van der Waals surface area contributed by atoms with Crippen LogP contribution in [-0.4, -0.2) is 22.2 Å². The van der Waals surface area contributed by atoms with E-state index in [9.17, 15) is 14.9 Å². The molecule has 0 bridgehead atoms. The Morgan fingerprint density at radius 1 is 1.25 bits per heavy atom. The zero-order valence-corrected chi connectivity index (χ0v) is 13.0. The van der Waals surface area contributed by atoms with Gasteiger partial charge in [0.25, 0.3) is 5.69 Å². The summed E-state index contributed by atoms with van der Waals surface area (Å²) < 4.78 is 5.14. The van der Waals surface area contributed by atoms with Crippen molar-refractivity contribution in [3.05, 3.63) is 69.8 Å². The number of nitrogens with two attached hydrogens (primary N) is 1. The minimum atomic E-state index is -0.807. The first-order valence-corrected chi connectivity index (χ1v) is 7.02. The molecule has 0 aromatic heterocycles. The Morgan fingerprint density at radius 2 is 1.92 bits per heavy atom. The van der Waals surface area contributed by atoms with Crippen LogP contribution < -0.4 is 15.9 Å². The van der Waals surface area contributed by atoms with Crippen LogP contribution in [0.1, 0.15) is 15.9 Å². The highest BCUT2D eigenvalue weighted by Crippen LogP contribution is 2.20. The van der Waals surface area contributed by atoms with Gasteiger partial charge in [0.1, 0.15) is 11.3 Å². The van der Waals surface area contributed by atoms with Gasteiger partial charge in [-0.3, -0.25) is 15.5 Å². The molecule has 3 N–H and O–H groups in total. The zero-order valence-electron chi connectivity index (χ0n) is 12.2. The summed E-state index contributed by atoms with van der Waals surface area (Å²) in [7, 11) is 0. The lowest BCUT2D eigenvalue weighted by Crippen LogP contribution is -2.23. The summed E-state index contributed by atoms with van der Waals surface area (Å²) in [5.41, 5.74) is 7.92. The van der Waals surface area contributed by atoms with E-state index < -0.39 is 10.9 Å². The lowest BCUT2D eigenvalue weighted by atomic mass is 10.2. The molecule has 0 unspecified atom stereocenters. The fraction of sp³-hybridized carbons (Fsp3) is 0. The number of esters is 1. The molecule has 2 rings (SSSR count). The number of hydrogen-bond acceptors (Lipinski definition) is 6. The third-order valence-electron chi connectivity index (χ3n) is 2.80. The maximum atomic E-state index is 12.1. The van der Waals surface area contributed by atoms with Gasteiger partial charge < -0.3 is 10.5 Å². The monoisotopic (exact) mass is 344 g/mol. The first kappa shape index (κ1) is 17.0. The molecule has 24 heavy (non-hydrogen) atoms. The summed E-state index contributed by atoms with van der Waals surface area (Å²) >= 11 is 4.60. The van der Waals surface area contributed by atoms with Gasteiger partial charge >= 0.3 is 5.97 Å². The smallest absolute Gasteiger partial charge is 0.350 e. The summed E-state index contributed by atoms with van der Waals surface area (Å²) in [4.78, 5) is 22.4. The van der Waals surface area contributed by atoms with Crippen LogP contribution in [0.15, 0.2) is 53.6 Å². The van der Waals surface area contributed by atoms with Gasteiger partial charge in [0, 0.05) is 6.07 Å². The second-order valence-electron chi connectivity index (χ2n) is 4.47. The average Bonchev–Trinajstić information content (AvgIpc) is 2.56. The van der Waals surface area contributed by atoms with Crippen molar-refractivity contribution in [3.8, 4) is 5.75 Å². The number of hydrazone groups is 1. The summed E-state index contributed by atoms with van der Waals surface area (Å²) in [6.07, 6.45) is 1.48. The molecule has 122 valence electrons. The van der Waals surface area contributed by atoms with Crippen molar-refractivity contribution in [1.29, 1.82) is 0 Å². The minimum Gasteiger partial charge on any atom is -0.423 e. The molecule has 2 aromatic rings. The molecule has 0 fully saturated rings. The van der Waals surface area contributed by atoms with Crippen LogP contribution in [-0.2, 0) is 0 Å². The Kier molecular flexibility index (Phi) is 5.53. The maximum Gasteiger partial charge on any atom is 0.350 e. The summed E-state index contributed by atoms with van der Waals surface area (Å²) in [6.45, 7) is 0. The molecule has 0 aliphatic rings. The number of nitrogens with one attached hydrogen (secondary N) is 1. The topological polar surface area (TPSA) is 120 Å². The molecule has 0 spiro atoms. The first-order chi connectivity index (χ1) is 11.5. The molecule has 8 nitrogen and oxygen atoms in total. The lowest BCUT2D eigenvalue weighted by Gasteiger charge is -2.05. The molecule has 0 aliphatic heterocycles. The van der Waals surface area contributed by atoms with Crippen LogP contribution in [0.4, 0.5) is 5.69 Å². The van der Waals surface area contributed by atoms with Gasteiger partial charge in [-0.1, -0.05) is 12.1 Å². The lowest BCUT2D eigenvalue weighted by molar-refractivity contribution is -0.385. The number of benzene rings is 2. The largest absolute Gasteiger partial charge is 0.423 e. The summed E-state index contributed by atoms with van der Waals surface area (Å²) in [5, 5.41) is 14.8. The Morgan fingerprint density at radius 3 is 2.54 bits per heavy atom. The third kappa shape index (κ3) is 4.58. The van der Waals surface area contributed by atoms with Gasteiger partial charge in [-0.25, -0.2) is 4.79 Å². The minimum absolute atomic E-state index is 0.0428. The third-order valence-corrected chi connectivity index (χ3v) is 2.89. The number of nitrogens with zero attached hydrogens (tertiary/aromatic N) is 2. The van der Waals surface area contributed by atoms with E-state index in [1.54, 1.807) is 12.1 Å². The predicted molar refractivity (Wildman–Crippen MR) is 92.0 cm³/mol. The van der Waals surface area contributed by atoms with Crippen LogP contribution in [0.25, 0.3) is 0 Å². The van der Waals surface area contributed by atoms with Crippen LogP contribution in [0.5, 0.6) is 5.75 Å². The molecule has 0 heterocycles. The molecule has 9 heteroatoms. The number of thiocarbonyl (C=S) groups is 1. The number of carbonyl (C=O) groups is 1. The van der Waals surface area contributed by atoms with Crippen LogP contribution in [0.2, 0.25) is 0 Å². The van der Waals surface area contributed by atoms with Gasteiger partial charge in [0.15, 0.2) is 5.11 Å². The average molecular weight is 344 g/mol. The Labute approximate surface area is 142 Å². The van der Waals surface area contributed by atoms with Gasteiger partial charge in [-0.15, -0.1) is 0 Å². The highest BCUT2D eigenvalue weighted by atomic mass is 32.1. The van der Waals surface area contributed by atoms with Crippen molar-refractivity contribution in [2.75, 3.05) is 0 Å². The molecule has 2 aromatic carbocycles. The number of nitro groups is 1. The maximum absolute atomic E-state index is 12.1. The molecule has 0 saturated carbocycles. The Balaban J connectivity index is 2.09. The molecule has 0 amide bonds. The fourth-order valence-electron chi connectivity index (χ4n) is 1.76. The van der Waals surface area contributed by atoms with Gasteiger partial charge in [0.05, 0.1) is 11.1 Å². The van der Waals surface area contributed by atoms with Gasteiger partial charge in [-0.2, -0.15) is 5.10 Å². The Hall–Kier alpha value is -3.33. The highest BCUT2D eigenvalue weighted by molar-refractivity contribution is 7.80. The number of ether oxygens (including phenoxy) is 1. The molecule has 0 radical (unpaired) electrons. The second kappa shape index (κ2) is 7.79. The molecule has 0 atom stereocenters. The van der Waals surface area contributed by atoms with Crippen molar-refractivity contribution >= 4 is 35.2 Å². The molecular formula is C15H12N4O4S. The van der Waals surface area contributed by atoms with E-state index in [1.807, 2.05) is 0 Å². The summed E-state index contributed by atoms with van der Waals surface area (Å²) in [6, 6.07) is 11.9. The quantitative estimate of drug-likeness (QED) is 0.212. The predicted octanol–water partition coefficient (Wildman–Crippen LogP) is 1.98. The second-order valence-corrected chi connectivity index (χ2v) is 4.91. The number of para-hydroxylation sites is 1. The van der Waals surface area contributed by atoms with Crippen molar-refractivity contribution in [1.82, 2.24) is 5.43 Å². The zero-order chi connectivity index (χ0) is 17.5. The SMILES string of the molecule is NC(=S)NN=Cc1ccc(OC(=O)c2ccccc2[N+](=O)[O-])cc1. The standard InChI is InChI=1S/C15H12N4O4S/c16-15(24)18-17-9-10-5-7-11(8-6-10)23-14(20)12-3-1-2-4-13(12)19(21)22/h1-9H,(H3,16,18,24). The van der Waals surface area contributed by atoms with Crippen LogP contribution in [0, 0.1) is 10.1 Å². The number of rotatable bonds is 5. The van der Waals surface area contributed by atoms with E-state index in [4.69, 9.17) is 10.5 Å². The molecule has 0 aliphatic carbocycles. The van der Waals surface area contributed by atoms with Crippen LogP contribution in [0.3, 0.4) is 0 Å². The van der Waals surface area contributed by atoms with Crippen molar-refractivity contribution < 1.29 is 14.5 Å². The first-order valence-electron chi connectivity index (χ1n) is 6.61. The molecular weight excluding hydrogens is 332 g/mol. The van der Waals surface area contributed by atoms with Crippen molar-refractivity contribution in [2.24, 2.45) is 10.8 Å². The van der Waals surface area contributed by atoms with E-state index in [0.29, 0.717) is 5.56 Å². The molecule has 0 saturated heterocycles. The van der Waals surface area contributed by atoms with Gasteiger partial charge in [0.2, 0.25) is 0 Å². The van der Waals surface area contributed by atoms with Gasteiger partial charge in [-0.05, 0) is 48.1 Å². The normalized spacial score (nSPS) is 10.3. The van der Waals surface area contributed by atoms with E-state index in [1.165, 1.54) is 42.6 Å². The van der Waals surface area contributed by atoms with Crippen molar-refractivity contribution in [2.45, 2.75) is 0 Å². The van der Waals surface area contributed by atoms with Crippen LogP contribution >= 0.6 is 12.2 Å².